The molecule has 5 nitrogen and oxygen atoms in total. The lowest BCUT2D eigenvalue weighted by atomic mass is 10.1. The van der Waals surface area contributed by atoms with Gasteiger partial charge in [0.2, 0.25) is 0 Å². The first-order chi connectivity index (χ1) is 10.9. The molecule has 0 aliphatic heterocycles. The average molecular weight is 347 g/mol. The van der Waals surface area contributed by atoms with E-state index in [-0.39, 0.29) is 12.1 Å². The average Bonchev–Trinajstić information content (AvgIpc) is 2.40. The molecule has 1 N–H and O–H groups in total. The second-order valence-electron chi connectivity index (χ2n) is 6.20. The summed E-state index contributed by atoms with van der Waals surface area (Å²) in [7, 11) is 0. The van der Waals surface area contributed by atoms with Crippen molar-refractivity contribution in [1.29, 1.82) is 0 Å². The molecule has 0 aromatic heterocycles. The SMILES string of the molecule is CC(C)(C)OC(=O)N(CCC(=O)O)Cc1ccccc1C(F)(F)F. The molecule has 0 heterocycles. The predicted octanol–water partition coefficient (Wildman–Crippen LogP) is 3.92. The number of carboxylic acid groups (broad SMARTS) is 1. The van der Waals surface area contributed by atoms with Gasteiger partial charge in [-0.3, -0.25) is 4.79 Å². The van der Waals surface area contributed by atoms with Crippen LogP contribution in [0.1, 0.15) is 38.3 Å². The quantitative estimate of drug-likeness (QED) is 0.877. The van der Waals surface area contributed by atoms with E-state index in [0.717, 1.165) is 11.0 Å². The van der Waals surface area contributed by atoms with Crippen LogP contribution in [-0.4, -0.2) is 34.2 Å². The molecular formula is C16H20F3NO4. The van der Waals surface area contributed by atoms with Crippen molar-refractivity contribution >= 4 is 12.1 Å². The van der Waals surface area contributed by atoms with Crippen molar-refractivity contribution in [2.45, 2.75) is 45.5 Å². The van der Waals surface area contributed by atoms with Crippen molar-refractivity contribution in [3.05, 3.63) is 35.4 Å². The van der Waals surface area contributed by atoms with Crippen LogP contribution in [0, 0.1) is 0 Å². The molecule has 8 heteroatoms. The number of alkyl halides is 3. The number of hydrogen-bond acceptors (Lipinski definition) is 3. The monoisotopic (exact) mass is 347 g/mol. The molecule has 0 fully saturated rings. The van der Waals surface area contributed by atoms with E-state index in [2.05, 4.69) is 0 Å². The molecule has 0 aliphatic rings. The van der Waals surface area contributed by atoms with Crippen molar-refractivity contribution in [3.8, 4) is 0 Å². The number of halogens is 3. The smallest absolute Gasteiger partial charge is 0.416 e. The van der Waals surface area contributed by atoms with E-state index >= 15 is 0 Å². The number of carbonyl (C=O) groups is 2. The van der Waals surface area contributed by atoms with Crippen LogP contribution in [0.5, 0.6) is 0 Å². The van der Waals surface area contributed by atoms with Crippen LogP contribution in [0.2, 0.25) is 0 Å². The van der Waals surface area contributed by atoms with Gasteiger partial charge in [-0.2, -0.15) is 13.2 Å². The number of rotatable bonds is 5. The Balaban J connectivity index is 3.05. The van der Waals surface area contributed by atoms with Crippen molar-refractivity contribution in [1.82, 2.24) is 4.90 Å². The van der Waals surface area contributed by atoms with E-state index in [9.17, 15) is 22.8 Å². The van der Waals surface area contributed by atoms with Gasteiger partial charge in [0.05, 0.1) is 12.0 Å². The summed E-state index contributed by atoms with van der Waals surface area (Å²) in [6.07, 6.45) is -5.82. The lowest BCUT2D eigenvalue weighted by Crippen LogP contribution is -2.38. The van der Waals surface area contributed by atoms with Gasteiger partial charge in [0.1, 0.15) is 5.60 Å². The maximum Gasteiger partial charge on any atom is 0.416 e. The molecule has 1 amide bonds. The van der Waals surface area contributed by atoms with Crippen molar-refractivity contribution in [2.75, 3.05) is 6.54 Å². The topological polar surface area (TPSA) is 66.8 Å². The van der Waals surface area contributed by atoms with Crippen molar-refractivity contribution < 1.29 is 32.6 Å². The fourth-order valence-electron chi connectivity index (χ4n) is 1.93. The van der Waals surface area contributed by atoms with Gasteiger partial charge in [-0.05, 0) is 32.4 Å². The lowest BCUT2D eigenvalue weighted by Gasteiger charge is -2.28. The first-order valence-electron chi connectivity index (χ1n) is 7.25. The predicted molar refractivity (Wildman–Crippen MR) is 80.3 cm³/mol. The van der Waals surface area contributed by atoms with E-state index in [1.165, 1.54) is 18.2 Å². The number of hydrogen-bond donors (Lipinski definition) is 1. The van der Waals surface area contributed by atoms with E-state index in [1.54, 1.807) is 20.8 Å². The zero-order valence-electron chi connectivity index (χ0n) is 13.7. The van der Waals surface area contributed by atoms with Crippen LogP contribution in [0.4, 0.5) is 18.0 Å². The van der Waals surface area contributed by atoms with Gasteiger partial charge in [-0.15, -0.1) is 0 Å². The number of ether oxygens (including phenoxy) is 1. The summed E-state index contributed by atoms with van der Waals surface area (Å²) in [6, 6.07) is 4.84. The van der Waals surface area contributed by atoms with Gasteiger partial charge in [0, 0.05) is 13.1 Å². The highest BCUT2D eigenvalue weighted by Gasteiger charge is 2.34. The fourth-order valence-corrected chi connectivity index (χ4v) is 1.93. The molecule has 24 heavy (non-hydrogen) atoms. The third kappa shape index (κ3) is 6.47. The zero-order chi connectivity index (χ0) is 18.5. The number of benzene rings is 1. The van der Waals surface area contributed by atoms with Crippen LogP contribution < -0.4 is 0 Å². The molecule has 0 spiro atoms. The summed E-state index contributed by atoms with van der Waals surface area (Å²) in [6.45, 7) is 4.20. The highest BCUT2D eigenvalue weighted by atomic mass is 19.4. The number of aliphatic carboxylic acids is 1. The molecule has 0 aliphatic carbocycles. The largest absolute Gasteiger partial charge is 0.481 e. The van der Waals surface area contributed by atoms with E-state index in [0.29, 0.717) is 0 Å². The van der Waals surface area contributed by atoms with Gasteiger partial charge in [-0.1, -0.05) is 18.2 Å². The fraction of sp³-hybridized carbons (Fsp3) is 0.500. The standard InChI is InChI=1S/C16H20F3NO4/c1-15(2,3)24-14(23)20(9-8-13(21)22)10-11-6-4-5-7-12(11)16(17,18)19/h4-7H,8-10H2,1-3H3,(H,21,22). The molecule has 0 atom stereocenters. The first-order valence-corrected chi connectivity index (χ1v) is 7.25. The summed E-state index contributed by atoms with van der Waals surface area (Å²) in [5.74, 6) is -1.16. The van der Waals surface area contributed by atoms with Gasteiger partial charge in [-0.25, -0.2) is 4.79 Å². The summed E-state index contributed by atoms with van der Waals surface area (Å²) in [5, 5.41) is 8.77. The minimum Gasteiger partial charge on any atom is -0.481 e. The van der Waals surface area contributed by atoms with Crippen LogP contribution in [0.15, 0.2) is 24.3 Å². The lowest BCUT2D eigenvalue weighted by molar-refractivity contribution is -0.139. The highest BCUT2D eigenvalue weighted by Crippen LogP contribution is 2.32. The molecule has 0 saturated carbocycles. The van der Waals surface area contributed by atoms with Crippen LogP contribution in [0.3, 0.4) is 0 Å². The van der Waals surface area contributed by atoms with Crippen molar-refractivity contribution in [2.24, 2.45) is 0 Å². The summed E-state index contributed by atoms with van der Waals surface area (Å²) in [4.78, 5) is 23.9. The Bertz CT molecular complexity index is 594. The first kappa shape index (κ1) is 19.8. The van der Waals surface area contributed by atoms with Crippen LogP contribution >= 0.6 is 0 Å². The van der Waals surface area contributed by atoms with Gasteiger partial charge < -0.3 is 14.7 Å². The Labute approximate surface area is 138 Å². The van der Waals surface area contributed by atoms with Crippen LogP contribution in [-0.2, 0) is 22.3 Å². The van der Waals surface area contributed by atoms with E-state index < -0.39 is 42.4 Å². The molecule has 1 aromatic carbocycles. The van der Waals surface area contributed by atoms with E-state index in [1.807, 2.05) is 0 Å². The maximum atomic E-state index is 13.1. The number of amides is 1. The minimum atomic E-state index is -4.57. The summed E-state index contributed by atoms with van der Waals surface area (Å²) >= 11 is 0. The zero-order valence-corrected chi connectivity index (χ0v) is 13.7. The molecule has 1 rings (SSSR count). The molecule has 0 radical (unpaired) electrons. The molecular weight excluding hydrogens is 327 g/mol. The van der Waals surface area contributed by atoms with Crippen LogP contribution in [0.25, 0.3) is 0 Å². The molecule has 0 bridgehead atoms. The minimum absolute atomic E-state index is 0.124. The Morgan fingerprint density at radius 2 is 1.75 bits per heavy atom. The Morgan fingerprint density at radius 3 is 2.25 bits per heavy atom. The van der Waals surface area contributed by atoms with Gasteiger partial charge >= 0.3 is 18.2 Å². The number of nitrogens with zero attached hydrogens (tertiary/aromatic N) is 1. The normalized spacial score (nSPS) is 11.9. The molecule has 0 saturated heterocycles. The maximum absolute atomic E-state index is 13.1. The second kappa shape index (κ2) is 7.55. The second-order valence-corrected chi connectivity index (χ2v) is 6.20. The van der Waals surface area contributed by atoms with E-state index in [4.69, 9.17) is 9.84 Å². The van der Waals surface area contributed by atoms with Gasteiger partial charge in [0.25, 0.3) is 0 Å². The summed E-state index contributed by atoms with van der Waals surface area (Å²) < 4.78 is 44.3. The molecule has 0 unspecified atom stereocenters. The number of carboxylic acids is 1. The highest BCUT2D eigenvalue weighted by molar-refractivity contribution is 5.71. The Kier molecular flexibility index (Phi) is 6.22. The molecule has 1 aromatic rings. The summed E-state index contributed by atoms with van der Waals surface area (Å²) in [5.41, 5.74) is -1.84. The third-order valence-corrected chi connectivity index (χ3v) is 2.93. The third-order valence-electron chi connectivity index (χ3n) is 2.93. The molecule has 134 valence electrons. The number of carbonyl (C=O) groups excluding carboxylic acids is 1. The Hall–Kier alpha value is -2.25. The Morgan fingerprint density at radius 1 is 1.17 bits per heavy atom. The van der Waals surface area contributed by atoms with Crippen molar-refractivity contribution in [3.63, 3.8) is 0 Å². The van der Waals surface area contributed by atoms with Gasteiger partial charge in [0.15, 0.2) is 0 Å².